The predicted octanol–water partition coefficient (Wildman–Crippen LogP) is 2.19. The summed E-state index contributed by atoms with van der Waals surface area (Å²) in [6, 6.07) is 7.11. The van der Waals surface area contributed by atoms with Crippen LogP contribution in [0.1, 0.15) is 38.2 Å². The Morgan fingerprint density at radius 2 is 1.89 bits per heavy atom. The van der Waals surface area contributed by atoms with E-state index in [2.05, 4.69) is 5.32 Å². The highest BCUT2D eigenvalue weighted by Gasteiger charge is 2.53. The second kappa shape index (κ2) is 7.76. The van der Waals surface area contributed by atoms with Crippen LogP contribution in [0.15, 0.2) is 29.2 Å². The number of carbonyl (C=O) groups excluding carboxylic acids is 1. The van der Waals surface area contributed by atoms with Crippen LogP contribution in [0.4, 0.5) is 0 Å². The molecule has 154 valence electrons. The van der Waals surface area contributed by atoms with E-state index in [-0.39, 0.29) is 23.8 Å². The van der Waals surface area contributed by atoms with Gasteiger partial charge in [0.15, 0.2) is 0 Å². The second-order valence-electron chi connectivity index (χ2n) is 8.51. The average Bonchev–Trinajstić information content (AvgIpc) is 3.47. The van der Waals surface area contributed by atoms with Gasteiger partial charge in [-0.3, -0.25) is 4.79 Å². The summed E-state index contributed by atoms with van der Waals surface area (Å²) in [5.41, 5.74) is 0.793. The first-order chi connectivity index (χ1) is 13.4. The third kappa shape index (κ3) is 3.84. The number of benzene rings is 1. The molecule has 0 radical (unpaired) electrons. The number of rotatable bonds is 6. The molecule has 1 atom stereocenters. The van der Waals surface area contributed by atoms with E-state index in [0.29, 0.717) is 37.1 Å². The average molecular weight is 407 g/mol. The molecule has 3 aliphatic rings. The van der Waals surface area contributed by atoms with E-state index in [9.17, 15) is 13.2 Å². The molecular weight excluding hydrogens is 376 g/mol. The zero-order valence-corrected chi connectivity index (χ0v) is 17.3. The van der Waals surface area contributed by atoms with Crippen LogP contribution in [-0.4, -0.2) is 51.5 Å². The first-order valence-corrected chi connectivity index (χ1v) is 11.8. The summed E-state index contributed by atoms with van der Waals surface area (Å²) in [4.78, 5) is 13.3. The number of nitrogens with one attached hydrogen (secondary N) is 1. The van der Waals surface area contributed by atoms with Gasteiger partial charge in [-0.25, -0.2) is 8.42 Å². The highest BCUT2D eigenvalue weighted by molar-refractivity contribution is 7.89. The minimum absolute atomic E-state index is 0.00725. The van der Waals surface area contributed by atoms with Crippen LogP contribution in [0.25, 0.3) is 0 Å². The Kier molecular flexibility index (Phi) is 5.51. The summed E-state index contributed by atoms with van der Waals surface area (Å²) in [6.07, 6.45) is 4.69. The van der Waals surface area contributed by atoms with Crippen molar-refractivity contribution in [1.82, 2.24) is 9.62 Å². The standard InChI is InChI=1S/C21H30N2O4S/c1-2-16-5-7-18(8-6-16)28(25,26)23-14-19(20(24)22-13-17-3-4-17)21(15-23)9-11-27-12-10-21/h5-8,17,19H,2-4,9-15H2,1H3,(H,22,24). The molecule has 28 heavy (non-hydrogen) atoms. The summed E-state index contributed by atoms with van der Waals surface area (Å²) in [5.74, 6) is 0.306. The maximum absolute atomic E-state index is 13.3. The van der Waals surface area contributed by atoms with Gasteiger partial charge in [0.05, 0.1) is 10.8 Å². The summed E-state index contributed by atoms with van der Waals surface area (Å²) in [6.45, 7) is 4.60. The molecule has 1 amide bonds. The molecule has 1 aliphatic carbocycles. The molecule has 2 saturated heterocycles. The molecule has 2 aliphatic heterocycles. The van der Waals surface area contributed by atoms with Crippen molar-refractivity contribution < 1.29 is 17.9 Å². The zero-order valence-electron chi connectivity index (χ0n) is 16.5. The van der Waals surface area contributed by atoms with Gasteiger partial charge in [-0.05, 0) is 55.7 Å². The molecular formula is C21H30N2O4S. The summed E-state index contributed by atoms with van der Waals surface area (Å²) >= 11 is 0. The number of ether oxygens (including phenoxy) is 1. The highest BCUT2D eigenvalue weighted by Crippen LogP contribution is 2.46. The van der Waals surface area contributed by atoms with E-state index in [1.165, 1.54) is 17.1 Å². The molecule has 1 unspecified atom stereocenters. The molecule has 7 heteroatoms. The molecule has 1 saturated carbocycles. The number of hydrogen-bond acceptors (Lipinski definition) is 4. The Labute approximate surface area is 167 Å². The molecule has 0 aromatic heterocycles. The first-order valence-electron chi connectivity index (χ1n) is 10.4. The van der Waals surface area contributed by atoms with Gasteiger partial charge in [-0.2, -0.15) is 4.31 Å². The smallest absolute Gasteiger partial charge is 0.243 e. The lowest BCUT2D eigenvalue weighted by Gasteiger charge is -2.37. The molecule has 1 aromatic rings. The van der Waals surface area contributed by atoms with Crippen LogP contribution >= 0.6 is 0 Å². The van der Waals surface area contributed by atoms with Gasteiger partial charge in [0.2, 0.25) is 15.9 Å². The SMILES string of the molecule is CCc1ccc(S(=O)(=O)N2CC(C(=O)NCC3CC3)C3(CCOCC3)C2)cc1. The Hall–Kier alpha value is -1.44. The fraction of sp³-hybridized carbons (Fsp3) is 0.667. The minimum Gasteiger partial charge on any atom is -0.381 e. The zero-order chi connectivity index (χ0) is 19.8. The number of sulfonamides is 1. The van der Waals surface area contributed by atoms with Gasteiger partial charge in [-0.1, -0.05) is 19.1 Å². The van der Waals surface area contributed by atoms with E-state index in [4.69, 9.17) is 4.74 Å². The number of aryl methyl sites for hydroxylation is 1. The molecule has 1 N–H and O–H groups in total. The van der Waals surface area contributed by atoms with Gasteiger partial charge in [0.1, 0.15) is 0 Å². The van der Waals surface area contributed by atoms with Crippen molar-refractivity contribution in [3.8, 4) is 0 Å². The lowest BCUT2D eigenvalue weighted by atomic mass is 9.72. The van der Waals surface area contributed by atoms with Crippen LogP contribution in [-0.2, 0) is 26.0 Å². The normalized spacial score (nSPS) is 25.1. The van der Waals surface area contributed by atoms with Crippen molar-refractivity contribution >= 4 is 15.9 Å². The van der Waals surface area contributed by atoms with Gasteiger partial charge in [0, 0.05) is 38.3 Å². The largest absolute Gasteiger partial charge is 0.381 e. The maximum Gasteiger partial charge on any atom is 0.243 e. The Bertz CT molecular complexity index is 811. The van der Waals surface area contributed by atoms with Crippen LogP contribution in [0, 0.1) is 17.3 Å². The van der Waals surface area contributed by atoms with Crippen LogP contribution in [0.2, 0.25) is 0 Å². The molecule has 3 fully saturated rings. The molecule has 0 bridgehead atoms. The highest BCUT2D eigenvalue weighted by atomic mass is 32.2. The molecule has 1 aromatic carbocycles. The van der Waals surface area contributed by atoms with Crippen molar-refractivity contribution in [3.05, 3.63) is 29.8 Å². The minimum atomic E-state index is -3.61. The third-order valence-corrected chi connectivity index (χ3v) is 8.48. The van der Waals surface area contributed by atoms with Crippen molar-refractivity contribution in [2.45, 2.75) is 43.9 Å². The van der Waals surface area contributed by atoms with E-state index in [1.807, 2.05) is 19.1 Å². The van der Waals surface area contributed by atoms with Crippen molar-refractivity contribution in [1.29, 1.82) is 0 Å². The second-order valence-corrected chi connectivity index (χ2v) is 10.4. The van der Waals surface area contributed by atoms with Gasteiger partial charge in [-0.15, -0.1) is 0 Å². The van der Waals surface area contributed by atoms with Crippen molar-refractivity contribution in [2.75, 3.05) is 32.8 Å². The van der Waals surface area contributed by atoms with Gasteiger partial charge >= 0.3 is 0 Å². The fourth-order valence-electron chi connectivity index (χ4n) is 4.49. The third-order valence-electron chi connectivity index (χ3n) is 6.65. The lowest BCUT2D eigenvalue weighted by Crippen LogP contribution is -2.44. The summed E-state index contributed by atoms with van der Waals surface area (Å²) in [7, 11) is -3.61. The molecule has 4 rings (SSSR count). The lowest BCUT2D eigenvalue weighted by molar-refractivity contribution is -0.129. The van der Waals surface area contributed by atoms with Gasteiger partial charge in [0.25, 0.3) is 0 Å². The Morgan fingerprint density at radius 3 is 2.50 bits per heavy atom. The summed E-state index contributed by atoms with van der Waals surface area (Å²) < 4.78 is 33.6. The van der Waals surface area contributed by atoms with Gasteiger partial charge < -0.3 is 10.1 Å². The van der Waals surface area contributed by atoms with Crippen molar-refractivity contribution in [2.24, 2.45) is 17.3 Å². The first kappa shape index (κ1) is 19.9. The fourth-order valence-corrected chi connectivity index (χ4v) is 6.04. The Balaban J connectivity index is 1.56. The number of carbonyl (C=O) groups is 1. The quantitative estimate of drug-likeness (QED) is 0.786. The molecule has 1 spiro atoms. The topological polar surface area (TPSA) is 75.7 Å². The van der Waals surface area contributed by atoms with E-state index < -0.39 is 10.0 Å². The number of nitrogens with zero attached hydrogens (tertiary/aromatic N) is 1. The van der Waals surface area contributed by atoms with E-state index in [0.717, 1.165) is 24.8 Å². The molecule has 2 heterocycles. The number of amides is 1. The van der Waals surface area contributed by atoms with Crippen LogP contribution < -0.4 is 5.32 Å². The number of hydrogen-bond donors (Lipinski definition) is 1. The maximum atomic E-state index is 13.3. The monoisotopic (exact) mass is 406 g/mol. The molecule has 6 nitrogen and oxygen atoms in total. The van der Waals surface area contributed by atoms with Crippen molar-refractivity contribution in [3.63, 3.8) is 0 Å². The van der Waals surface area contributed by atoms with Crippen LogP contribution in [0.5, 0.6) is 0 Å². The predicted molar refractivity (Wildman–Crippen MR) is 106 cm³/mol. The van der Waals surface area contributed by atoms with Crippen LogP contribution in [0.3, 0.4) is 0 Å². The van der Waals surface area contributed by atoms with E-state index >= 15 is 0 Å². The summed E-state index contributed by atoms with van der Waals surface area (Å²) in [5, 5.41) is 3.08. The van der Waals surface area contributed by atoms with E-state index in [1.54, 1.807) is 12.1 Å². The Morgan fingerprint density at radius 1 is 1.21 bits per heavy atom.